The highest BCUT2D eigenvalue weighted by Gasteiger charge is 2.04. The maximum atomic E-state index is 6.15. The van der Waals surface area contributed by atoms with E-state index in [1.807, 2.05) is 31.2 Å². The number of fused-ring (bicyclic) bond motifs is 1. The van der Waals surface area contributed by atoms with E-state index in [2.05, 4.69) is 20.8 Å². The quantitative estimate of drug-likeness (QED) is 0.387. The molecule has 0 radical (unpaired) electrons. The summed E-state index contributed by atoms with van der Waals surface area (Å²) < 4.78 is 0. The van der Waals surface area contributed by atoms with Crippen molar-refractivity contribution >= 4 is 46.0 Å². The molecule has 2 aromatic rings. The molecule has 0 atom stereocenters. The normalized spacial score (nSPS) is 10.9. The van der Waals surface area contributed by atoms with E-state index < -0.39 is 0 Å². The lowest BCUT2D eigenvalue weighted by atomic mass is 10.1. The third-order valence-electron chi connectivity index (χ3n) is 2.62. The predicted molar refractivity (Wildman–Crippen MR) is 83.9 cm³/mol. The molecule has 0 saturated heterocycles. The van der Waals surface area contributed by atoms with Crippen molar-refractivity contribution in [2.45, 2.75) is 6.92 Å². The first-order valence-electron chi connectivity index (χ1n) is 5.68. The number of halogens is 1. The summed E-state index contributed by atoms with van der Waals surface area (Å²) in [5.41, 5.74) is 5.41. The Labute approximate surface area is 121 Å². The summed E-state index contributed by atoms with van der Waals surface area (Å²) in [6, 6.07) is 7.94. The average molecular weight is 293 g/mol. The van der Waals surface area contributed by atoms with Gasteiger partial charge in [0.2, 0.25) is 0 Å². The predicted octanol–water partition coefficient (Wildman–Crippen LogP) is 2.62. The summed E-state index contributed by atoms with van der Waals surface area (Å²) >= 11 is 11.1. The van der Waals surface area contributed by atoms with Gasteiger partial charge in [0.15, 0.2) is 5.11 Å². The van der Waals surface area contributed by atoms with E-state index in [1.165, 1.54) is 0 Å². The molecule has 0 fully saturated rings. The summed E-state index contributed by atoms with van der Waals surface area (Å²) in [5, 5.41) is 8.65. The van der Waals surface area contributed by atoms with Crippen LogP contribution in [-0.4, -0.2) is 23.4 Å². The van der Waals surface area contributed by atoms with Crippen molar-refractivity contribution in [1.82, 2.24) is 15.7 Å². The summed E-state index contributed by atoms with van der Waals surface area (Å²) in [5.74, 6) is 0. The van der Waals surface area contributed by atoms with Gasteiger partial charge >= 0.3 is 0 Å². The van der Waals surface area contributed by atoms with Crippen LogP contribution in [0.15, 0.2) is 29.4 Å². The molecule has 98 valence electrons. The lowest BCUT2D eigenvalue weighted by Gasteiger charge is -2.04. The lowest BCUT2D eigenvalue weighted by molar-refractivity contribution is 0.982. The van der Waals surface area contributed by atoms with E-state index >= 15 is 0 Å². The van der Waals surface area contributed by atoms with Crippen molar-refractivity contribution in [3.63, 3.8) is 0 Å². The van der Waals surface area contributed by atoms with Crippen LogP contribution in [0.1, 0.15) is 11.1 Å². The Morgan fingerprint density at radius 3 is 3.00 bits per heavy atom. The minimum Gasteiger partial charge on any atom is -0.364 e. The second kappa shape index (κ2) is 5.95. The van der Waals surface area contributed by atoms with Gasteiger partial charge in [0.1, 0.15) is 5.15 Å². The van der Waals surface area contributed by atoms with Gasteiger partial charge < -0.3 is 5.32 Å². The van der Waals surface area contributed by atoms with Gasteiger partial charge in [-0.15, -0.1) is 0 Å². The Balaban J connectivity index is 2.34. The highest BCUT2D eigenvalue weighted by Crippen LogP contribution is 2.21. The van der Waals surface area contributed by atoms with Crippen molar-refractivity contribution in [1.29, 1.82) is 0 Å². The van der Waals surface area contributed by atoms with Gasteiger partial charge in [-0.3, -0.25) is 5.43 Å². The molecule has 0 bridgehead atoms. The molecule has 0 unspecified atom stereocenters. The maximum Gasteiger partial charge on any atom is 0.186 e. The fourth-order valence-corrected chi connectivity index (χ4v) is 1.89. The fraction of sp³-hybridized carbons (Fsp3) is 0.154. The van der Waals surface area contributed by atoms with E-state index in [0.717, 1.165) is 22.0 Å². The highest BCUT2D eigenvalue weighted by atomic mass is 35.5. The van der Waals surface area contributed by atoms with Crippen molar-refractivity contribution in [2.24, 2.45) is 5.10 Å². The molecule has 1 heterocycles. The minimum atomic E-state index is 0.419. The molecule has 0 aliphatic heterocycles. The molecule has 1 aromatic heterocycles. The molecular weight excluding hydrogens is 280 g/mol. The number of aromatic nitrogens is 1. The molecule has 6 heteroatoms. The van der Waals surface area contributed by atoms with E-state index in [9.17, 15) is 0 Å². The smallest absolute Gasteiger partial charge is 0.186 e. The Morgan fingerprint density at radius 1 is 1.47 bits per heavy atom. The van der Waals surface area contributed by atoms with Gasteiger partial charge in [-0.05, 0) is 30.8 Å². The van der Waals surface area contributed by atoms with Crippen LogP contribution < -0.4 is 10.7 Å². The second-order valence-corrected chi connectivity index (χ2v) is 4.73. The first kappa shape index (κ1) is 13.7. The molecule has 1 aromatic carbocycles. The zero-order valence-corrected chi connectivity index (χ0v) is 12.1. The summed E-state index contributed by atoms with van der Waals surface area (Å²) in [6.07, 6.45) is 1.60. The van der Waals surface area contributed by atoms with E-state index in [1.54, 1.807) is 13.3 Å². The van der Waals surface area contributed by atoms with Crippen molar-refractivity contribution in [3.8, 4) is 0 Å². The molecule has 19 heavy (non-hydrogen) atoms. The van der Waals surface area contributed by atoms with Gasteiger partial charge in [-0.2, -0.15) is 5.10 Å². The largest absolute Gasteiger partial charge is 0.364 e. The van der Waals surface area contributed by atoms with Gasteiger partial charge in [0.05, 0.1) is 11.7 Å². The van der Waals surface area contributed by atoms with Crippen LogP contribution in [0.4, 0.5) is 0 Å². The number of hydrogen-bond donors (Lipinski definition) is 2. The van der Waals surface area contributed by atoms with Gasteiger partial charge in [-0.25, -0.2) is 4.98 Å². The molecule has 4 nitrogen and oxygen atoms in total. The molecular formula is C13H13ClN4S. The Hall–Kier alpha value is -1.72. The van der Waals surface area contributed by atoms with Crippen molar-refractivity contribution in [2.75, 3.05) is 7.05 Å². The van der Waals surface area contributed by atoms with E-state index in [4.69, 9.17) is 23.8 Å². The van der Waals surface area contributed by atoms with Gasteiger partial charge in [0, 0.05) is 18.0 Å². The standard InChI is InChI=1S/C13H13ClN4S/c1-8-4-3-5-9-6-10(12(14)17-11(8)9)7-16-18-13(19)15-2/h3-7H,1-2H3,(H2,15,18,19)/b16-7-. The molecule has 2 rings (SSSR count). The van der Waals surface area contributed by atoms with Crippen LogP contribution in [0.3, 0.4) is 0 Å². The zero-order chi connectivity index (χ0) is 13.8. The third-order valence-corrected chi connectivity index (χ3v) is 3.22. The summed E-state index contributed by atoms with van der Waals surface area (Å²) in [6.45, 7) is 2.01. The van der Waals surface area contributed by atoms with E-state index in [0.29, 0.717) is 10.3 Å². The molecule has 0 aliphatic rings. The average Bonchev–Trinajstić information content (AvgIpc) is 2.40. The summed E-state index contributed by atoms with van der Waals surface area (Å²) in [4.78, 5) is 4.39. The number of hydrogen-bond acceptors (Lipinski definition) is 3. The van der Waals surface area contributed by atoms with Gasteiger partial charge in [-0.1, -0.05) is 29.8 Å². The number of thiocarbonyl (C=S) groups is 1. The number of nitrogens with zero attached hydrogens (tertiary/aromatic N) is 2. The van der Waals surface area contributed by atoms with Crippen LogP contribution in [0, 0.1) is 6.92 Å². The van der Waals surface area contributed by atoms with E-state index in [-0.39, 0.29) is 0 Å². The number of benzene rings is 1. The molecule has 0 amide bonds. The van der Waals surface area contributed by atoms with Crippen LogP contribution in [0.2, 0.25) is 5.15 Å². The molecule has 0 saturated carbocycles. The first-order chi connectivity index (χ1) is 9.11. The molecule has 0 spiro atoms. The number of para-hydroxylation sites is 1. The SMILES string of the molecule is CNC(=S)N/N=C\c1cc2cccc(C)c2nc1Cl. The second-order valence-electron chi connectivity index (χ2n) is 3.96. The highest BCUT2D eigenvalue weighted by molar-refractivity contribution is 7.80. The zero-order valence-electron chi connectivity index (χ0n) is 10.6. The Bertz CT molecular complexity index is 654. The monoisotopic (exact) mass is 292 g/mol. The first-order valence-corrected chi connectivity index (χ1v) is 6.47. The molecule has 2 N–H and O–H groups in total. The maximum absolute atomic E-state index is 6.15. The number of nitrogens with one attached hydrogen (secondary N) is 2. The number of rotatable bonds is 2. The van der Waals surface area contributed by atoms with Crippen LogP contribution in [0.5, 0.6) is 0 Å². The molecule has 0 aliphatic carbocycles. The van der Waals surface area contributed by atoms with Crippen LogP contribution >= 0.6 is 23.8 Å². The van der Waals surface area contributed by atoms with Crippen molar-refractivity contribution < 1.29 is 0 Å². The number of hydrazone groups is 1. The number of aryl methyl sites for hydroxylation is 1. The third kappa shape index (κ3) is 3.19. The van der Waals surface area contributed by atoms with Gasteiger partial charge in [0.25, 0.3) is 0 Å². The summed E-state index contributed by atoms with van der Waals surface area (Å²) in [7, 11) is 1.72. The lowest BCUT2D eigenvalue weighted by Crippen LogP contribution is -2.28. The Morgan fingerprint density at radius 2 is 2.26 bits per heavy atom. The van der Waals surface area contributed by atoms with Crippen molar-refractivity contribution in [3.05, 3.63) is 40.5 Å². The Kier molecular flexibility index (Phi) is 4.29. The minimum absolute atomic E-state index is 0.419. The van der Waals surface area contributed by atoms with Crippen LogP contribution in [0.25, 0.3) is 10.9 Å². The van der Waals surface area contributed by atoms with Crippen LogP contribution in [-0.2, 0) is 0 Å². The fourth-order valence-electron chi connectivity index (χ4n) is 1.65. The topological polar surface area (TPSA) is 49.3 Å². The number of pyridine rings is 1.